The van der Waals surface area contributed by atoms with E-state index in [0.717, 1.165) is 11.4 Å². The van der Waals surface area contributed by atoms with Gasteiger partial charge in [-0.3, -0.25) is 10.1 Å². The second-order valence-corrected chi connectivity index (χ2v) is 3.47. The van der Waals surface area contributed by atoms with Crippen molar-refractivity contribution in [3.63, 3.8) is 0 Å². The summed E-state index contributed by atoms with van der Waals surface area (Å²) < 4.78 is 1.69. The summed E-state index contributed by atoms with van der Waals surface area (Å²) in [6, 6.07) is 9.54. The van der Waals surface area contributed by atoms with Crippen LogP contribution in [0, 0.1) is 0 Å². The minimum Gasteiger partial charge on any atom is -0.322 e. The molecule has 1 aromatic heterocycles. The number of nitrogens with one attached hydrogen (secondary N) is 2. The van der Waals surface area contributed by atoms with Gasteiger partial charge in [0.15, 0.2) is 0 Å². The highest BCUT2D eigenvalue weighted by Crippen LogP contribution is 2.10. The van der Waals surface area contributed by atoms with Crippen LogP contribution in [0.2, 0.25) is 0 Å². The van der Waals surface area contributed by atoms with Crippen molar-refractivity contribution in [2.45, 2.75) is 0 Å². The molecule has 88 valence electrons. The number of aromatic nitrogens is 2. The molecule has 2 aromatic rings. The van der Waals surface area contributed by atoms with Crippen LogP contribution in [-0.4, -0.2) is 15.7 Å². The fourth-order valence-corrected chi connectivity index (χ4v) is 1.35. The number of hydrazine groups is 1. The molecule has 0 saturated carbocycles. The Bertz CT molecular complexity index is 502. The van der Waals surface area contributed by atoms with E-state index < -0.39 is 0 Å². The van der Waals surface area contributed by atoms with Crippen molar-refractivity contribution in [2.75, 3.05) is 5.32 Å². The Balaban J connectivity index is 2.14. The van der Waals surface area contributed by atoms with Gasteiger partial charge in [-0.1, -0.05) is 18.2 Å². The van der Waals surface area contributed by atoms with Crippen LogP contribution in [0.25, 0.3) is 0 Å². The van der Waals surface area contributed by atoms with Crippen LogP contribution in [0.5, 0.6) is 0 Å². The molecule has 0 aliphatic carbocycles. The van der Waals surface area contributed by atoms with Crippen molar-refractivity contribution < 1.29 is 0 Å². The maximum Gasteiger partial charge on any atom is 0.215 e. The Labute approximate surface area is 99.1 Å². The lowest BCUT2D eigenvalue weighted by Gasteiger charge is -2.06. The molecule has 17 heavy (non-hydrogen) atoms. The number of nitrogens with two attached hydrogens (primary N) is 1. The van der Waals surface area contributed by atoms with Gasteiger partial charge in [0.25, 0.3) is 0 Å². The van der Waals surface area contributed by atoms with Crippen LogP contribution in [0.3, 0.4) is 0 Å². The molecule has 0 fully saturated rings. The molecule has 0 aliphatic heterocycles. The summed E-state index contributed by atoms with van der Waals surface area (Å²) in [6.45, 7) is 0. The lowest BCUT2D eigenvalue weighted by Crippen LogP contribution is -2.35. The van der Waals surface area contributed by atoms with E-state index in [1.807, 2.05) is 43.6 Å². The van der Waals surface area contributed by atoms with Crippen molar-refractivity contribution in [3.05, 3.63) is 42.7 Å². The topological polar surface area (TPSA) is 80.3 Å². The number of para-hydroxylation sites is 1. The van der Waals surface area contributed by atoms with E-state index in [1.165, 1.54) is 0 Å². The first-order valence-corrected chi connectivity index (χ1v) is 5.14. The zero-order chi connectivity index (χ0) is 12.1. The number of aryl methyl sites for hydroxylation is 1. The molecule has 0 unspecified atom stereocenters. The summed E-state index contributed by atoms with van der Waals surface area (Å²) in [5.41, 5.74) is 4.15. The van der Waals surface area contributed by atoms with Crippen molar-refractivity contribution >= 4 is 17.3 Å². The Morgan fingerprint density at radius 2 is 2.12 bits per heavy atom. The third kappa shape index (κ3) is 3.05. The average molecular weight is 230 g/mol. The molecule has 0 aliphatic rings. The molecule has 0 saturated heterocycles. The molecular weight excluding hydrogens is 216 g/mol. The minimum absolute atomic E-state index is 0.462. The summed E-state index contributed by atoms with van der Waals surface area (Å²) in [5, 5.41) is 7.07. The first-order chi connectivity index (χ1) is 8.28. The molecule has 0 atom stereocenters. The fraction of sp³-hybridized carbons (Fsp3) is 0.0909. The van der Waals surface area contributed by atoms with E-state index in [1.54, 1.807) is 10.9 Å². The van der Waals surface area contributed by atoms with E-state index in [4.69, 9.17) is 5.84 Å². The lowest BCUT2D eigenvalue weighted by atomic mass is 10.3. The Morgan fingerprint density at radius 3 is 2.71 bits per heavy atom. The van der Waals surface area contributed by atoms with Gasteiger partial charge in [0.05, 0.1) is 17.6 Å². The predicted octanol–water partition coefficient (Wildman–Crippen LogP) is 0.983. The van der Waals surface area contributed by atoms with Crippen LogP contribution in [-0.2, 0) is 7.05 Å². The molecule has 0 spiro atoms. The monoisotopic (exact) mass is 230 g/mol. The molecular formula is C11H14N6. The van der Waals surface area contributed by atoms with Gasteiger partial charge in [-0.05, 0) is 12.1 Å². The SMILES string of the molecule is Cn1cc(NC(=Nc2ccccc2)NN)cn1. The zero-order valence-electron chi connectivity index (χ0n) is 9.46. The van der Waals surface area contributed by atoms with Crippen LogP contribution in [0.15, 0.2) is 47.7 Å². The number of anilines is 1. The van der Waals surface area contributed by atoms with Gasteiger partial charge < -0.3 is 5.32 Å². The molecule has 2 rings (SSSR count). The van der Waals surface area contributed by atoms with Crippen molar-refractivity contribution in [3.8, 4) is 0 Å². The number of aliphatic imine (C=N–C) groups is 1. The van der Waals surface area contributed by atoms with Crippen molar-refractivity contribution in [1.82, 2.24) is 15.2 Å². The molecule has 4 N–H and O–H groups in total. The summed E-state index contributed by atoms with van der Waals surface area (Å²) in [6.07, 6.45) is 3.52. The molecule has 6 nitrogen and oxygen atoms in total. The van der Waals surface area contributed by atoms with Gasteiger partial charge in [-0.25, -0.2) is 10.8 Å². The van der Waals surface area contributed by atoms with Crippen LogP contribution >= 0.6 is 0 Å². The number of hydrogen-bond acceptors (Lipinski definition) is 3. The first-order valence-electron chi connectivity index (χ1n) is 5.14. The Kier molecular flexibility index (Phi) is 3.37. The number of hydrogen-bond donors (Lipinski definition) is 3. The van der Waals surface area contributed by atoms with Gasteiger partial charge in [-0.2, -0.15) is 5.10 Å². The van der Waals surface area contributed by atoms with E-state index >= 15 is 0 Å². The quantitative estimate of drug-likeness (QED) is 0.311. The molecule has 1 heterocycles. The highest BCUT2D eigenvalue weighted by molar-refractivity contribution is 5.94. The van der Waals surface area contributed by atoms with Gasteiger partial charge in [0, 0.05) is 13.2 Å². The van der Waals surface area contributed by atoms with Gasteiger partial charge in [0.1, 0.15) is 0 Å². The van der Waals surface area contributed by atoms with E-state index in [2.05, 4.69) is 20.8 Å². The molecule has 0 radical (unpaired) electrons. The lowest BCUT2D eigenvalue weighted by molar-refractivity contribution is 0.768. The number of guanidine groups is 1. The summed E-state index contributed by atoms with van der Waals surface area (Å²) in [4.78, 5) is 4.31. The van der Waals surface area contributed by atoms with Crippen LogP contribution in [0.1, 0.15) is 0 Å². The Hall–Kier alpha value is -2.34. The molecule has 6 heteroatoms. The highest BCUT2D eigenvalue weighted by atomic mass is 15.3. The maximum atomic E-state index is 5.40. The third-order valence-corrected chi connectivity index (χ3v) is 2.10. The summed E-state index contributed by atoms with van der Waals surface area (Å²) in [7, 11) is 1.84. The fourth-order valence-electron chi connectivity index (χ4n) is 1.35. The zero-order valence-corrected chi connectivity index (χ0v) is 9.46. The van der Waals surface area contributed by atoms with Gasteiger partial charge >= 0.3 is 0 Å². The number of rotatable bonds is 2. The van der Waals surface area contributed by atoms with E-state index in [9.17, 15) is 0 Å². The molecule has 1 aromatic carbocycles. The summed E-state index contributed by atoms with van der Waals surface area (Å²) >= 11 is 0. The normalized spacial score (nSPS) is 11.3. The number of benzene rings is 1. The second-order valence-electron chi connectivity index (χ2n) is 3.47. The van der Waals surface area contributed by atoms with Crippen LogP contribution < -0.4 is 16.6 Å². The van der Waals surface area contributed by atoms with Gasteiger partial charge in [0.2, 0.25) is 5.96 Å². The summed E-state index contributed by atoms with van der Waals surface area (Å²) in [5.74, 6) is 5.87. The first kappa shape index (κ1) is 11.2. The Morgan fingerprint density at radius 1 is 1.35 bits per heavy atom. The smallest absolute Gasteiger partial charge is 0.215 e. The predicted molar refractivity (Wildman–Crippen MR) is 67.7 cm³/mol. The number of nitrogens with zero attached hydrogens (tertiary/aromatic N) is 3. The third-order valence-electron chi connectivity index (χ3n) is 2.10. The van der Waals surface area contributed by atoms with Crippen LogP contribution in [0.4, 0.5) is 11.4 Å². The second kappa shape index (κ2) is 5.13. The maximum absolute atomic E-state index is 5.40. The average Bonchev–Trinajstić information content (AvgIpc) is 2.75. The van der Waals surface area contributed by atoms with E-state index in [-0.39, 0.29) is 0 Å². The largest absolute Gasteiger partial charge is 0.322 e. The van der Waals surface area contributed by atoms with Crippen molar-refractivity contribution in [1.29, 1.82) is 0 Å². The molecule has 0 bridgehead atoms. The highest BCUT2D eigenvalue weighted by Gasteiger charge is 2.00. The standard InChI is InChI=1S/C11H14N6/c1-17-8-10(7-13-17)15-11(16-12)14-9-5-3-2-4-6-9/h2-8H,12H2,1H3,(H2,14,15,16). The van der Waals surface area contributed by atoms with Gasteiger partial charge in [-0.15, -0.1) is 0 Å². The minimum atomic E-state index is 0.462. The van der Waals surface area contributed by atoms with Crippen molar-refractivity contribution in [2.24, 2.45) is 17.9 Å². The van der Waals surface area contributed by atoms with E-state index in [0.29, 0.717) is 5.96 Å². The molecule has 0 amide bonds.